The average Bonchev–Trinajstić information content (AvgIpc) is 3.13. The van der Waals surface area contributed by atoms with Gasteiger partial charge in [-0.3, -0.25) is 4.79 Å². The summed E-state index contributed by atoms with van der Waals surface area (Å²) in [6.45, 7) is 2.16. The van der Waals surface area contributed by atoms with Gasteiger partial charge in [-0.05, 0) is 25.1 Å². The first-order valence-corrected chi connectivity index (χ1v) is 8.21. The Bertz CT molecular complexity index is 775. The maximum Gasteiger partial charge on any atom is 0.335 e. The molecular formula is C16H16N2O5S. The molecule has 2 N–H and O–H groups in total. The number of nitrogens with zero attached hydrogens (tertiary/aromatic N) is 2. The lowest BCUT2D eigenvalue weighted by Gasteiger charge is -2.17. The highest BCUT2D eigenvalue weighted by atomic mass is 32.1. The zero-order valence-electron chi connectivity index (χ0n) is 12.9. The Hall–Kier alpha value is -2.45. The Morgan fingerprint density at radius 1 is 1.38 bits per heavy atom. The van der Waals surface area contributed by atoms with Crippen molar-refractivity contribution < 1.29 is 24.5 Å². The summed E-state index contributed by atoms with van der Waals surface area (Å²) in [6.07, 6.45) is -1.44. The van der Waals surface area contributed by atoms with Crippen molar-refractivity contribution in [1.29, 1.82) is 0 Å². The third-order valence-electron chi connectivity index (χ3n) is 3.83. The third kappa shape index (κ3) is 3.24. The van der Waals surface area contributed by atoms with Crippen molar-refractivity contribution in [2.45, 2.75) is 19.1 Å². The molecule has 1 aliphatic heterocycles. The smallest absolute Gasteiger partial charge is 0.335 e. The molecule has 1 aliphatic rings. The number of carbonyl (C=O) groups is 2. The van der Waals surface area contributed by atoms with E-state index >= 15 is 0 Å². The van der Waals surface area contributed by atoms with E-state index in [0.29, 0.717) is 16.3 Å². The standard InChI is InChI=1S/C16H16N2O5S/c1-9-14(24-8-17-9)15(20)18-6-12(19)13(7-18)23-11-4-2-3-10(5-11)16(21)22/h2-5,8,12-13,19H,6-7H2,1H3,(H,21,22)/t12-,13-/m1/s1. The SMILES string of the molecule is Cc1ncsc1C(=O)N1C[C@@H](O)[C@H](Oc2cccc(C(=O)O)c2)C1. The summed E-state index contributed by atoms with van der Waals surface area (Å²) in [5.74, 6) is -0.883. The number of aryl methyl sites for hydroxylation is 1. The number of aromatic carboxylic acids is 1. The predicted molar refractivity (Wildman–Crippen MR) is 86.6 cm³/mol. The fraction of sp³-hybridized carbons (Fsp3) is 0.312. The number of likely N-dealkylation sites (tertiary alicyclic amines) is 1. The topological polar surface area (TPSA) is 100.0 Å². The van der Waals surface area contributed by atoms with Gasteiger partial charge in [-0.2, -0.15) is 0 Å². The van der Waals surface area contributed by atoms with Gasteiger partial charge in [0, 0.05) is 0 Å². The lowest BCUT2D eigenvalue weighted by atomic mass is 10.2. The number of aliphatic hydroxyl groups is 1. The number of hydrogen-bond donors (Lipinski definition) is 2. The Morgan fingerprint density at radius 3 is 2.83 bits per heavy atom. The third-order valence-corrected chi connectivity index (χ3v) is 4.75. The fourth-order valence-corrected chi connectivity index (χ4v) is 3.34. The molecule has 1 saturated heterocycles. The van der Waals surface area contributed by atoms with Crippen LogP contribution in [0.25, 0.3) is 0 Å². The number of rotatable bonds is 4. The summed E-state index contributed by atoms with van der Waals surface area (Å²) in [5.41, 5.74) is 2.38. The van der Waals surface area contributed by atoms with Crippen molar-refractivity contribution in [2.75, 3.05) is 13.1 Å². The number of aliphatic hydroxyl groups excluding tert-OH is 1. The van der Waals surface area contributed by atoms with Crippen LogP contribution < -0.4 is 4.74 Å². The average molecular weight is 348 g/mol. The minimum Gasteiger partial charge on any atom is -0.486 e. The molecule has 7 nitrogen and oxygen atoms in total. The number of carboxylic acid groups (broad SMARTS) is 1. The first-order chi connectivity index (χ1) is 11.5. The quantitative estimate of drug-likeness (QED) is 0.867. The van der Waals surface area contributed by atoms with E-state index in [0.717, 1.165) is 0 Å². The van der Waals surface area contributed by atoms with Crippen LogP contribution in [0.5, 0.6) is 5.75 Å². The van der Waals surface area contributed by atoms with Crippen molar-refractivity contribution in [1.82, 2.24) is 9.88 Å². The molecular weight excluding hydrogens is 332 g/mol. The largest absolute Gasteiger partial charge is 0.486 e. The van der Waals surface area contributed by atoms with Gasteiger partial charge in [0.05, 0.1) is 29.9 Å². The predicted octanol–water partition coefficient (Wildman–Crippen LogP) is 1.41. The second kappa shape index (κ2) is 6.58. The number of ether oxygens (including phenoxy) is 1. The minimum absolute atomic E-state index is 0.105. The molecule has 1 amide bonds. The van der Waals surface area contributed by atoms with Crippen LogP contribution in [0.2, 0.25) is 0 Å². The number of aromatic nitrogens is 1. The molecule has 2 atom stereocenters. The number of hydrogen-bond acceptors (Lipinski definition) is 6. The van der Waals surface area contributed by atoms with Crippen LogP contribution >= 0.6 is 11.3 Å². The zero-order valence-corrected chi connectivity index (χ0v) is 13.7. The van der Waals surface area contributed by atoms with Gasteiger partial charge in [-0.15, -0.1) is 11.3 Å². The summed E-state index contributed by atoms with van der Waals surface area (Å²) in [7, 11) is 0. The summed E-state index contributed by atoms with van der Waals surface area (Å²) >= 11 is 1.27. The van der Waals surface area contributed by atoms with Gasteiger partial charge in [-0.1, -0.05) is 6.07 Å². The number of carboxylic acids is 1. The normalized spacial score (nSPS) is 20.2. The molecule has 0 aliphatic carbocycles. The maximum atomic E-state index is 12.5. The lowest BCUT2D eigenvalue weighted by molar-refractivity contribution is 0.0686. The van der Waals surface area contributed by atoms with E-state index in [1.807, 2.05) is 0 Å². The van der Waals surface area contributed by atoms with E-state index in [2.05, 4.69) is 4.98 Å². The number of β-amino-alcohol motifs (C(OH)–C–C–N with tert-alkyl or cyclic N) is 1. The number of thiazole rings is 1. The van der Waals surface area contributed by atoms with Crippen molar-refractivity contribution in [3.63, 3.8) is 0 Å². The summed E-state index contributed by atoms with van der Waals surface area (Å²) in [5, 5.41) is 19.2. The molecule has 1 aromatic carbocycles. The van der Waals surface area contributed by atoms with Crippen LogP contribution in [0.1, 0.15) is 25.7 Å². The summed E-state index contributed by atoms with van der Waals surface area (Å²) < 4.78 is 5.69. The highest BCUT2D eigenvalue weighted by Gasteiger charge is 2.36. The van der Waals surface area contributed by atoms with Crippen LogP contribution in [-0.2, 0) is 0 Å². The van der Waals surface area contributed by atoms with Gasteiger partial charge >= 0.3 is 5.97 Å². The Morgan fingerprint density at radius 2 is 2.17 bits per heavy atom. The van der Waals surface area contributed by atoms with E-state index in [-0.39, 0.29) is 24.6 Å². The fourth-order valence-electron chi connectivity index (χ4n) is 2.57. The first kappa shape index (κ1) is 16.4. The molecule has 0 radical (unpaired) electrons. The highest BCUT2D eigenvalue weighted by Crippen LogP contribution is 2.23. The van der Waals surface area contributed by atoms with Gasteiger partial charge < -0.3 is 19.8 Å². The molecule has 3 rings (SSSR count). The Balaban J connectivity index is 1.70. The minimum atomic E-state index is -1.05. The van der Waals surface area contributed by atoms with Gasteiger partial charge in [0.25, 0.3) is 5.91 Å². The molecule has 2 heterocycles. The number of amides is 1. The van der Waals surface area contributed by atoms with Crippen LogP contribution in [-0.4, -0.2) is 57.3 Å². The van der Waals surface area contributed by atoms with Crippen LogP contribution in [0.15, 0.2) is 29.8 Å². The Kier molecular flexibility index (Phi) is 4.50. The van der Waals surface area contributed by atoms with Crippen molar-refractivity contribution in [3.8, 4) is 5.75 Å². The van der Waals surface area contributed by atoms with E-state index < -0.39 is 18.2 Å². The molecule has 0 unspecified atom stereocenters. The lowest BCUT2D eigenvalue weighted by Crippen LogP contribution is -2.31. The first-order valence-electron chi connectivity index (χ1n) is 7.33. The monoisotopic (exact) mass is 348 g/mol. The zero-order chi connectivity index (χ0) is 17.3. The van der Waals surface area contributed by atoms with Crippen LogP contribution in [0.4, 0.5) is 0 Å². The molecule has 1 aromatic heterocycles. The maximum absolute atomic E-state index is 12.5. The molecule has 8 heteroatoms. The molecule has 0 saturated carbocycles. The van der Waals surface area contributed by atoms with Gasteiger partial charge in [0.1, 0.15) is 22.8 Å². The number of carbonyl (C=O) groups excluding carboxylic acids is 1. The van der Waals surface area contributed by atoms with Crippen LogP contribution in [0, 0.1) is 6.92 Å². The second-order valence-corrected chi connectivity index (χ2v) is 6.39. The van der Waals surface area contributed by atoms with E-state index in [9.17, 15) is 14.7 Å². The summed E-state index contributed by atoms with van der Waals surface area (Å²) in [6, 6.07) is 6.05. The molecule has 2 aromatic rings. The van der Waals surface area contributed by atoms with E-state index in [1.54, 1.807) is 24.6 Å². The summed E-state index contributed by atoms with van der Waals surface area (Å²) in [4.78, 5) is 29.6. The van der Waals surface area contributed by atoms with Gasteiger partial charge in [0.2, 0.25) is 0 Å². The van der Waals surface area contributed by atoms with Crippen molar-refractivity contribution in [2.24, 2.45) is 0 Å². The van der Waals surface area contributed by atoms with Gasteiger partial charge in [0.15, 0.2) is 0 Å². The van der Waals surface area contributed by atoms with Crippen molar-refractivity contribution in [3.05, 3.63) is 45.9 Å². The molecule has 24 heavy (non-hydrogen) atoms. The molecule has 0 bridgehead atoms. The Labute approximate surface area is 142 Å². The van der Waals surface area contributed by atoms with Crippen molar-refractivity contribution >= 4 is 23.2 Å². The highest BCUT2D eigenvalue weighted by molar-refractivity contribution is 7.11. The molecule has 0 spiro atoms. The van der Waals surface area contributed by atoms with Gasteiger partial charge in [-0.25, -0.2) is 9.78 Å². The van der Waals surface area contributed by atoms with Crippen LogP contribution in [0.3, 0.4) is 0 Å². The molecule has 1 fully saturated rings. The second-order valence-electron chi connectivity index (χ2n) is 5.53. The molecule has 126 valence electrons. The number of benzene rings is 1. The van der Waals surface area contributed by atoms with E-state index in [4.69, 9.17) is 9.84 Å². The van der Waals surface area contributed by atoms with E-state index in [1.165, 1.54) is 28.4 Å².